The van der Waals surface area contributed by atoms with E-state index >= 15 is 0 Å². The summed E-state index contributed by atoms with van der Waals surface area (Å²) < 4.78 is 5.67. The van der Waals surface area contributed by atoms with Crippen LogP contribution in [0.1, 0.15) is 18.5 Å². The van der Waals surface area contributed by atoms with Crippen LogP contribution < -0.4 is 10.1 Å². The maximum Gasteiger partial charge on any atom is 0.363 e. The van der Waals surface area contributed by atoms with Crippen LogP contribution in [-0.2, 0) is 4.79 Å². The zero-order valence-corrected chi connectivity index (χ0v) is 12.4. The third-order valence-corrected chi connectivity index (χ3v) is 3.37. The first-order valence-corrected chi connectivity index (χ1v) is 7.10. The molecule has 0 aliphatic heterocycles. The first-order chi connectivity index (χ1) is 11.0. The highest BCUT2D eigenvalue weighted by molar-refractivity contribution is 5.93. The summed E-state index contributed by atoms with van der Waals surface area (Å²) in [4.78, 5) is 29.8. The second-order valence-corrected chi connectivity index (χ2v) is 5.25. The monoisotopic (exact) mass is 314 g/mol. The molecular formula is C15H14N4O4. The lowest BCUT2D eigenvalue weighted by molar-refractivity contribution is -0.389. The van der Waals surface area contributed by atoms with Gasteiger partial charge in [0.25, 0.3) is 0 Å². The largest absolute Gasteiger partial charge is 0.453 e. The maximum absolute atomic E-state index is 11.7. The predicted octanol–water partition coefficient (Wildman–Crippen LogP) is 2.83. The van der Waals surface area contributed by atoms with Crippen molar-refractivity contribution in [1.29, 1.82) is 0 Å². The number of pyridine rings is 2. The number of rotatable bonds is 5. The zero-order valence-electron chi connectivity index (χ0n) is 12.4. The van der Waals surface area contributed by atoms with Gasteiger partial charge in [0, 0.05) is 31.2 Å². The van der Waals surface area contributed by atoms with E-state index in [9.17, 15) is 14.9 Å². The molecule has 0 radical (unpaired) electrons. The van der Waals surface area contributed by atoms with Crippen molar-refractivity contribution in [3.63, 3.8) is 0 Å². The second-order valence-electron chi connectivity index (χ2n) is 5.25. The number of ether oxygens (including phenoxy) is 1. The van der Waals surface area contributed by atoms with Gasteiger partial charge in [-0.1, -0.05) is 0 Å². The first-order valence-electron chi connectivity index (χ1n) is 7.10. The van der Waals surface area contributed by atoms with E-state index in [4.69, 9.17) is 4.74 Å². The summed E-state index contributed by atoms with van der Waals surface area (Å²) in [6.07, 6.45) is 3.34. The van der Waals surface area contributed by atoms with Gasteiger partial charge in [0.15, 0.2) is 11.4 Å². The van der Waals surface area contributed by atoms with Gasteiger partial charge in [-0.2, -0.15) is 0 Å². The highest BCUT2D eigenvalue weighted by Gasteiger charge is 2.29. The molecule has 118 valence electrons. The number of amides is 1. The highest BCUT2D eigenvalue weighted by atomic mass is 16.6. The Hall–Kier alpha value is -3.03. The Bertz CT molecular complexity index is 774. The zero-order chi connectivity index (χ0) is 16.4. The van der Waals surface area contributed by atoms with Crippen molar-refractivity contribution in [3.8, 4) is 11.5 Å². The average molecular weight is 314 g/mol. The maximum atomic E-state index is 11.7. The number of anilines is 1. The standard InChI is InChI=1S/C15H14N4O4/c1-9-12(4-5-14(17-9)19(21)22)23-11-6-7-16-13(8-11)18-15(20)10-2-3-10/h4-8,10H,2-3H2,1H3,(H,16,18,20). The Morgan fingerprint density at radius 1 is 1.39 bits per heavy atom. The molecular weight excluding hydrogens is 300 g/mol. The molecule has 0 unspecified atom stereocenters. The van der Waals surface area contributed by atoms with Crippen LogP contribution in [0.2, 0.25) is 0 Å². The fourth-order valence-electron chi connectivity index (χ4n) is 1.99. The molecule has 1 aliphatic rings. The van der Waals surface area contributed by atoms with Gasteiger partial charge >= 0.3 is 5.82 Å². The molecule has 1 amide bonds. The van der Waals surface area contributed by atoms with E-state index in [1.807, 2.05) is 0 Å². The molecule has 1 fully saturated rings. The molecule has 0 atom stereocenters. The molecule has 3 rings (SSSR count). The number of carbonyl (C=O) groups is 1. The van der Waals surface area contributed by atoms with E-state index in [2.05, 4.69) is 15.3 Å². The van der Waals surface area contributed by atoms with E-state index in [1.54, 1.807) is 19.1 Å². The van der Waals surface area contributed by atoms with E-state index in [-0.39, 0.29) is 17.6 Å². The second kappa shape index (κ2) is 5.99. The number of hydrogen-bond acceptors (Lipinski definition) is 6. The topological polar surface area (TPSA) is 107 Å². The van der Waals surface area contributed by atoms with Crippen LogP contribution in [0.4, 0.5) is 11.6 Å². The van der Waals surface area contributed by atoms with Crippen molar-refractivity contribution < 1.29 is 14.5 Å². The summed E-state index contributed by atoms with van der Waals surface area (Å²) in [5.74, 6) is 1.09. The summed E-state index contributed by atoms with van der Waals surface area (Å²) in [6.45, 7) is 1.62. The normalized spacial score (nSPS) is 13.4. The average Bonchev–Trinajstić information content (AvgIpc) is 3.34. The minimum absolute atomic E-state index is 0.0390. The van der Waals surface area contributed by atoms with Gasteiger partial charge in [-0.15, -0.1) is 0 Å². The van der Waals surface area contributed by atoms with E-state index in [1.165, 1.54) is 18.3 Å². The van der Waals surface area contributed by atoms with Crippen LogP contribution in [0.3, 0.4) is 0 Å². The third kappa shape index (κ3) is 3.60. The number of nitrogens with one attached hydrogen (secondary N) is 1. The number of aromatic nitrogens is 2. The Kier molecular flexibility index (Phi) is 3.88. The minimum Gasteiger partial charge on any atom is -0.453 e. The molecule has 1 saturated carbocycles. The molecule has 8 heteroatoms. The van der Waals surface area contributed by atoms with Crippen LogP contribution in [0.15, 0.2) is 30.5 Å². The Morgan fingerprint density at radius 3 is 2.83 bits per heavy atom. The van der Waals surface area contributed by atoms with Gasteiger partial charge < -0.3 is 20.2 Å². The predicted molar refractivity (Wildman–Crippen MR) is 81.3 cm³/mol. The molecule has 2 aromatic heterocycles. The fraction of sp³-hybridized carbons (Fsp3) is 0.267. The van der Waals surface area contributed by atoms with Gasteiger partial charge in [-0.25, -0.2) is 4.98 Å². The molecule has 0 saturated heterocycles. The third-order valence-electron chi connectivity index (χ3n) is 3.37. The smallest absolute Gasteiger partial charge is 0.363 e. The van der Waals surface area contributed by atoms with Crippen molar-refractivity contribution in [2.75, 3.05) is 5.32 Å². The Balaban J connectivity index is 1.74. The van der Waals surface area contributed by atoms with E-state index in [0.717, 1.165) is 12.8 Å². The van der Waals surface area contributed by atoms with Crippen molar-refractivity contribution >= 4 is 17.5 Å². The summed E-state index contributed by atoms with van der Waals surface area (Å²) in [5, 5.41) is 13.4. The lowest BCUT2D eigenvalue weighted by Crippen LogP contribution is -2.14. The van der Waals surface area contributed by atoms with Crippen molar-refractivity contribution in [1.82, 2.24) is 9.97 Å². The molecule has 0 aromatic carbocycles. The van der Waals surface area contributed by atoms with Gasteiger partial charge in [0.1, 0.15) is 11.6 Å². The summed E-state index contributed by atoms with van der Waals surface area (Å²) in [7, 11) is 0. The summed E-state index contributed by atoms with van der Waals surface area (Å²) in [6, 6.07) is 6.00. The summed E-state index contributed by atoms with van der Waals surface area (Å²) >= 11 is 0. The molecule has 0 bridgehead atoms. The SMILES string of the molecule is Cc1nc([N+](=O)[O-])ccc1Oc1ccnc(NC(=O)C2CC2)c1. The molecule has 2 aromatic rings. The van der Waals surface area contributed by atoms with Crippen molar-refractivity contribution in [2.24, 2.45) is 5.92 Å². The van der Waals surface area contributed by atoms with Gasteiger partial charge in [0.05, 0.1) is 0 Å². The first kappa shape index (κ1) is 14.9. The molecule has 23 heavy (non-hydrogen) atoms. The number of hydrogen-bond donors (Lipinski definition) is 1. The Morgan fingerprint density at radius 2 is 2.17 bits per heavy atom. The molecule has 1 N–H and O–H groups in total. The number of nitro groups is 1. The number of nitrogens with zero attached hydrogens (tertiary/aromatic N) is 3. The van der Waals surface area contributed by atoms with Crippen molar-refractivity contribution in [2.45, 2.75) is 19.8 Å². The lowest BCUT2D eigenvalue weighted by Gasteiger charge is -2.08. The fourth-order valence-corrected chi connectivity index (χ4v) is 1.99. The van der Waals surface area contributed by atoms with Crippen LogP contribution in [0.5, 0.6) is 11.5 Å². The molecule has 2 heterocycles. The lowest BCUT2D eigenvalue weighted by atomic mass is 10.3. The van der Waals surface area contributed by atoms with Crippen LogP contribution in [0.25, 0.3) is 0 Å². The molecule has 0 spiro atoms. The number of carbonyl (C=O) groups excluding carboxylic acids is 1. The van der Waals surface area contributed by atoms with Gasteiger partial charge in [-0.05, 0) is 34.9 Å². The van der Waals surface area contributed by atoms with Crippen LogP contribution in [0, 0.1) is 23.0 Å². The summed E-state index contributed by atoms with van der Waals surface area (Å²) in [5.41, 5.74) is 0.402. The van der Waals surface area contributed by atoms with E-state index in [0.29, 0.717) is 23.0 Å². The van der Waals surface area contributed by atoms with Gasteiger partial charge in [0.2, 0.25) is 5.91 Å². The van der Waals surface area contributed by atoms with E-state index < -0.39 is 4.92 Å². The number of aryl methyl sites for hydroxylation is 1. The van der Waals surface area contributed by atoms with Gasteiger partial charge in [-0.3, -0.25) is 4.79 Å². The Labute approximate surface area is 131 Å². The van der Waals surface area contributed by atoms with Crippen LogP contribution in [-0.4, -0.2) is 20.8 Å². The molecule has 1 aliphatic carbocycles. The molecule has 8 nitrogen and oxygen atoms in total. The van der Waals surface area contributed by atoms with Crippen molar-refractivity contribution in [3.05, 3.63) is 46.3 Å². The van der Waals surface area contributed by atoms with Crippen LogP contribution >= 0.6 is 0 Å². The quantitative estimate of drug-likeness (QED) is 0.671. The highest BCUT2D eigenvalue weighted by Crippen LogP contribution is 2.31. The minimum atomic E-state index is -0.561.